The number of hydrogen-bond donors (Lipinski definition) is 0. The molecule has 2 N–H and O–H groups in total. The molecular formula is CH5NY11-2. The molecule has 0 saturated carbocycles. The van der Waals surface area contributed by atoms with Crippen molar-refractivity contribution >= 4 is 0 Å². The van der Waals surface area contributed by atoms with E-state index in [4.69, 9.17) is 0 Å². The summed E-state index contributed by atoms with van der Waals surface area (Å²) < 4.78 is 0. The molecule has 0 aliphatic heterocycles. The van der Waals surface area contributed by atoms with Gasteiger partial charge in [-0.15, -0.1) is 0 Å². The molecule has 0 fully saturated rings. The van der Waals surface area contributed by atoms with Crippen LogP contribution in [-0.4, -0.2) is 0 Å². The van der Waals surface area contributed by atoms with Gasteiger partial charge in [0.05, 0.1) is 0 Å². The van der Waals surface area contributed by atoms with E-state index in [9.17, 15) is 0 Å². The van der Waals surface area contributed by atoms with Gasteiger partial charge in [0.15, 0.2) is 0 Å². The molecule has 0 bridgehead atoms. The summed E-state index contributed by atoms with van der Waals surface area (Å²) in [6.45, 7) is 0. The van der Waals surface area contributed by atoms with Crippen molar-refractivity contribution in [3.8, 4) is 0 Å². The molecule has 0 spiro atoms. The van der Waals surface area contributed by atoms with E-state index < -0.39 is 0 Å². The van der Waals surface area contributed by atoms with Gasteiger partial charge in [0, 0.05) is 360 Å². The van der Waals surface area contributed by atoms with Crippen molar-refractivity contribution in [2.45, 2.75) is 0 Å². The molecule has 0 rings (SSSR count). The quantitative estimate of drug-likeness (QED) is 0.327. The Morgan fingerprint density at radius 3 is 0.231 bits per heavy atom. The molecule has 0 saturated heterocycles. The van der Waals surface area contributed by atoms with Gasteiger partial charge in [-0.05, 0) is 0 Å². The summed E-state index contributed by atoms with van der Waals surface area (Å²) in [6.07, 6.45) is 0. The molecule has 0 aromatic carbocycles. The van der Waals surface area contributed by atoms with Crippen LogP contribution in [0.25, 0.3) is 6.15 Å². The Balaban J connectivity index is 0. The Bertz CT molecular complexity index is 10.1. The molecule has 0 aromatic rings. The predicted molar refractivity (Wildman–Crippen MR) is 11.7 cm³/mol. The molecule has 11 radical (unpaired) electrons. The van der Waals surface area contributed by atoms with Crippen LogP contribution in [0.3, 0.4) is 0 Å². The second-order valence-corrected chi connectivity index (χ2v) is 0. The minimum atomic E-state index is 0. The maximum atomic E-state index is 0. The molecule has 13 heavy (non-hydrogen) atoms. The SMILES string of the molecule is [CH3-].[NH2-].[Y].[Y].[Y].[Y].[Y].[Y].[Y].[Y].[Y].[Y].[Y]. The summed E-state index contributed by atoms with van der Waals surface area (Å²) in [5.41, 5.74) is 0. The fourth-order valence-electron chi connectivity index (χ4n) is 0. The van der Waals surface area contributed by atoms with E-state index in [0.717, 1.165) is 0 Å². The largest absolute Gasteiger partial charge is 0.693 e. The van der Waals surface area contributed by atoms with Gasteiger partial charge < -0.3 is 13.6 Å². The number of rotatable bonds is 0. The minimum Gasteiger partial charge on any atom is -0.693 e. The second-order valence-electron chi connectivity index (χ2n) is 0. The van der Waals surface area contributed by atoms with E-state index in [1.54, 1.807) is 0 Å². The third-order valence-corrected chi connectivity index (χ3v) is 0. The van der Waals surface area contributed by atoms with Crippen molar-refractivity contribution < 1.29 is 360 Å². The van der Waals surface area contributed by atoms with Crippen molar-refractivity contribution in [3.63, 3.8) is 0 Å². The van der Waals surface area contributed by atoms with E-state index in [1.165, 1.54) is 0 Å². The molecule has 49 valence electrons. The zero-order chi connectivity index (χ0) is 0. The first-order chi connectivity index (χ1) is 0. The summed E-state index contributed by atoms with van der Waals surface area (Å²) in [5.74, 6) is 0. The van der Waals surface area contributed by atoms with E-state index >= 15 is 0 Å². The van der Waals surface area contributed by atoms with Crippen LogP contribution in [0.15, 0.2) is 0 Å². The monoisotopic (exact) mass is 1010 g/mol. The standard InChI is InChI=1S/CH3.H2N.11Y/h1H3;1H2;;;;;;;;;;;/q2*-1;;;;;;;;;;;. The van der Waals surface area contributed by atoms with Crippen LogP contribution in [0.5, 0.6) is 0 Å². The first-order valence-corrected chi connectivity index (χ1v) is 0. The zero-order valence-corrected chi connectivity index (χ0v) is 39.1. The smallest absolute Gasteiger partial charge is 0 e. The van der Waals surface area contributed by atoms with E-state index in [2.05, 4.69) is 0 Å². The normalized spacial score (nSPS) is 0. The second kappa shape index (κ2) is 87.8. The third kappa shape index (κ3) is 80.4. The first kappa shape index (κ1) is 99.6. The molecule has 0 amide bonds. The number of hydrogen-bond acceptors (Lipinski definition) is 0. The van der Waals surface area contributed by atoms with E-state index in [0.29, 0.717) is 0 Å². The molecular weight excluding hydrogens is 1000 g/mol. The fourth-order valence-corrected chi connectivity index (χ4v) is 0. The Hall–Kier alpha value is 12.1. The Morgan fingerprint density at radius 1 is 0.231 bits per heavy atom. The van der Waals surface area contributed by atoms with Gasteiger partial charge >= 0.3 is 0 Å². The molecule has 0 aliphatic carbocycles. The van der Waals surface area contributed by atoms with Gasteiger partial charge in [0.25, 0.3) is 0 Å². The van der Waals surface area contributed by atoms with Crippen LogP contribution in [0.1, 0.15) is 0 Å². The van der Waals surface area contributed by atoms with E-state index in [-0.39, 0.29) is 373 Å². The summed E-state index contributed by atoms with van der Waals surface area (Å²) in [5, 5.41) is 0. The Kier molecular flexibility index (Phi) is 673. The molecule has 0 unspecified atom stereocenters. The topological polar surface area (TPSA) is 33.5 Å². The van der Waals surface area contributed by atoms with Gasteiger partial charge in [-0.25, -0.2) is 0 Å². The molecule has 0 atom stereocenters. The third-order valence-electron chi connectivity index (χ3n) is 0. The van der Waals surface area contributed by atoms with Crippen molar-refractivity contribution in [1.29, 1.82) is 0 Å². The summed E-state index contributed by atoms with van der Waals surface area (Å²) in [4.78, 5) is 0. The summed E-state index contributed by atoms with van der Waals surface area (Å²) in [7, 11) is 0. The van der Waals surface area contributed by atoms with Crippen molar-refractivity contribution in [2.75, 3.05) is 0 Å². The van der Waals surface area contributed by atoms with Gasteiger partial charge in [-0.3, -0.25) is 0 Å². The van der Waals surface area contributed by atoms with Gasteiger partial charge in [0.1, 0.15) is 0 Å². The average Bonchev–Trinajstić information content (AvgIpc) is 0. The Labute approximate surface area is 360 Å². The zero-order valence-electron chi connectivity index (χ0n) is 7.93. The minimum absolute atomic E-state index is 0. The molecule has 0 heterocycles. The van der Waals surface area contributed by atoms with Crippen LogP contribution >= 0.6 is 0 Å². The molecule has 1 nitrogen and oxygen atoms in total. The summed E-state index contributed by atoms with van der Waals surface area (Å²) >= 11 is 0. The molecule has 12 heteroatoms. The average molecular weight is 1010 g/mol. The molecule has 0 aromatic heterocycles. The van der Waals surface area contributed by atoms with Crippen molar-refractivity contribution in [1.82, 2.24) is 0 Å². The first-order valence-electron chi connectivity index (χ1n) is 0. The van der Waals surface area contributed by atoms with Crippen LogP contribution in [-0.2, 0) is 360 Å². The van der Waals surface area contributed by atoms with Crippen molar-refractivity contribution in [3.05, 3.63) is 13.6 Å². The van der Waals surface area contributed by atoms with E-state index in [1.807, 2.05) is 0 Å². The fraction of sp³-hybridized carbons (Fsp3) is 0. The van der Waals surface area contributed by atoms with Crippen molar-refractivity contribution in [2.24, 2.45) is 0 Å². The van der Waals surface area contributed by atoms with Gasteiger partial charge in [-0.1, -0.05) is 0 Å². The maximum Gasteiger partial charge on any atom is 0 e. The summed E-state index contributed by atoms with van der Waals surface area (Å²) in [6, 6.07) is 0. The van der Waals surface area contributed by atoms with Crippen LogP contribution < -0.4 is 0 Å². The van der Waals surface area contributed by atoms with Crippen LogP contribution in [0.2, 0.25) is 0 Å². The van der Waals surface area contributed by atoms with Crippen LogP contribution in [0, 0.1) is 7.43 Å². The number of nitrogens with two attached hydrogens (primary N) is 1. The molecule has 0 aliphatic rings. The Morgan fingerprint density at radius 2 is 0.231 bits per heavy atom. The van der Waals surface area contributed by atoms with Gasteiger partial charge in [-0.2, -0.15) is 0 Å². The maximum absolute atomic E-state index is 0. The van der Waals surface area contributed by atoms with Crippen LogP contribution in [0.4, 0.5) is 0 Å². The predicted octanol–water partition coefficient (Wildman–Crippen LogP) is 1.14. The van der Waals surface area contributed by atoms with Gasteiger partial charge in [0.2, 0.25) is 0 Å².